The van der Waals surface area contributed by atoms with Gasteiger partial charge in [-0.25, -0.2) is 9.18 Å². The molecule has 1 aliphatic rings. The smallest absolute Gasteiger partial charge is 0.404 e. The summed E-state index contributed by atoms with van der Waals surface area (Å²) in [6, 6.07) is -0.265. The van der Waals surface area contributed by atoms with E-state index in [0.717, 1.165) is 0 Å². The van der Waals surface area contributed by atoms with Crippen molar-refractivity contribution in [2.75, 3.05) is 13.1 Å². The standard InChI is InChI=1S/C8H15FN2O3/c9-7(12)3-5-4-10-2-1-6(5)11-8(13)14/h5-7,10-12H,1-4H2,(H,13,14). The summed E-state index contributed by atoms with van der Waals surface area (Å²) in [5.74, 6) is -0.181. The Morgan fingerprint density at radius 2 is 2.43 bits per heavy atom. The van der Waals surface area contributed by atoms with Crippen LogP contribution in [0.4, 0.5) is 9.18 Å². The summed E-state index contributed by atoms with van der Waals surface area (Å²) >= 11 is 0. The molecule has 0 spiro atoms. The van der Waals surface area contributed by atoms with Gasteiger partial charge in [-0.3, -0.25) is 0 Å². The minimum absolute atomic E-state index is 0.0298. The van der Waals surface area contributed by atoms with Crippen molar-refractivity contribution in [1.82, 2.24) is 10.6 Å². The van der Waals surface area contributed by atoms with Crippen molar-refractivity contribution in [2.45, 2.75) is 25.2 Å². The molecular weight excluding hydrogens is 191 g/mol. The average molecular weight is 206 g/mol. The number of carbonyl (C=O) groups is 1. The number of aliphatic hydroxyl groups is 1. The highest BCUT2D eigenvalue weighted by Gasteiger charge is 2.27. The quantitative estimate of drug-likeness (QED) is 0.520. The van der Waals surface area contributed by atoms with Crippen molar-refractivity contribution >= 4 is 6.09 Å². The molecule has 0 aromatic rings. The van der Waals surface area contributed by atoms with E-state index in [1.54, 1.807) is 0 Å². The summed E-state index contributed by atoms with van der Waals surface area (Å²) in [7, 11) is 0. The van der Waals surface area contributed by atoms with E-state index in [-0.39, 0.29) is 18.4 Å². The molecule has 1 rings (SSSR count). The monoisotopic (exact) mass is 206 g/mol. The second kappa shape index (κ2) is 5.11. The molecule has 0 aromatic carbocycles. The van der Waals surface area contributed by atoms with Crippen LogP contribution in [0.5, 0.6) is 0 Å². The van der Waals surface area contributed by atoms with Gasteiger partial charge >= 0.3 is 6.09 Å². The molecule has 0 aliphatic carbocycles. The number of hydrogen-bond donors (Lipinski definition) is 4. The molecule has 1 aliphatic heterocycles. The lowest BCUT2D eigenvalue weighted by Gasteiger charge is -2.31. The lowest BCUT2D eigenvalue weighted by atomic mass is 9.90. The molecule has 0 aromatic heterocycles. The van der Waals surface area contributed by atoms with Crippen molar-refractivity contribution in [2.24, 2.45) is 5.92 Å². The van der Waals surface area contributed by atoms with Gasteiger partial charge in [0.25, 0.3) is 0 Å². The van der Waals surface area contributed by atoms with Crippen LogP contribution in [0.15, 0.2) is 0 Å². The van der Waals surface area contributed by atoms with E-state index < -0.39 is 12.5 Å². The summed E-state index contributed by atoms with van der Waals surface area (Å²) in [6.07, 6.45) is -2.38. The molecule has 4 N–H and O–H groups in total. The van der Waals surface area contributed by atoms with Crippen molar-refractivity contribution in [1.29, 1.82) is 0 Å². The van der Waals surface area contributed by atoms with Crippen LogP contribution in [0, 0.1) is 5.92 Å². The number of alkyl halides is 1. The molecule has 3 unspecified atom stereocenters. The van der Waals surface area contributed by atoms with Crippen LogP contribution in [0.2, 0.25) is 0 Å². The van der Waals surface area contributed by atoms with E-state index in [1.807, 2.05) is 0 Å². The summed E-state index contributed by atoms with van der Waals surface area (Å²) in [4.78, 5) is 10.4. The van der Waals surface area contributed by atoms with Crippen LogP contribution in [0.1, 0.15) is 12.8 Å². The molecule has 3 atom stereocenters. The largest absolute Gasteiger partial charge is 0.465 e. The van der Waals surface area contributed by atoms with E-state index in [0.29, 0.717) is 19.5 Å². The van der Waals surface area contributed by atoms with Gasteiger partial charge in [0, 0.05) is 19.0 Å². The Balaban J connectivity index is 2.45. The summed E-state index contributed by atoms with van der Waals surface area (Å²) in [5.41, 5.74) is 0. The van der Waals surface area contributed by atoms with Gasteiger partial charge in [0.15, 0.2) is 6.36 Å². The minimum atomic E-state index is -1.88. The summed E-state index contributed by atoms with van der Waals surface area (Å²) < 4.78 is 12.3. The van der Waals surface area contributed by atoms with Gasteiger partial charge in [-0.05, 0) is 18.9 Å². The maximum atomic E-state index is 12.3. The van der Waals surface area contributed by atoms with Crippen LogP contribution in [0.25, 0.3) is 0 Å². The highest BCUT2D eigenvalue weighted by molar-refractivity contribution is 5.64. The van der Waals surface area contributed by atoms with E-state index in [2.05, 4.69) is 10.6 Å². The number of aliphatic hydroxyl groups excluding tert-OH is 1. The fourth-order valence-corrected chi connectivity index (χ4v) is 1.77. The lowest BCUT2D eigenvalue weighted by Crippen LogP contribution is -2.49. The van der Waals surface area contributed by atoms with Crippen LogP contribution < -0.4 is 10.6 Å². The number of nitrogens with one attached hydrogen (secondary N) is 2. The highest BCUT2D eigenvalue weighted by Crippen LogP contribution is 2.17. The van der Waals surface area contributed by atoms with Gasteiger partial charge in [-0.1, -0.05) is 0 Å². The van der Waals surface area contributed by atoms with Crippen molar-refractivity contribution in [3.8, 4) is 0 Å². The molecule has 6 heteroatoms. The first-order chi connectivity index (χ1) is 6.59. The Labute approximate surface area is 81.3 Å². The molecule has 0 radical (unpaired) electrons. The molecular formula is C8H15FN2O3. The number of piperidine rings is 1. The van der Waals surface area contributed by atoms with Gasteiger partial charge in [0.1, 0.15) is 0 Å². The fraction of sp³-hybridized carbons (Fsp3) is 0.875. The van der Waals surface area contributed by atoms with E-state index >= 15 is 0 Å². The van der Waals surface area contributed by atoms with Crippen LogP contribution in [-0.2, 0) is 0 Å². The van der Waals surface area contributed by atoms with Gasteiger partial charge in [-0.2, -0.15) is 0 Å². The lowest BCUT2D eigenvalue weighted by molar-refractivity contribution is 0.0115. The van der Waals surface area contributed by atoms with Crippen LogP contribution >= 0.6 is 0 Å². The minimum Gasteiger partial charge on any atom is -0.465 e. The van der Waals surface area contributed by atoms with E-state index in [9.17, 15) is 9.18 Å². The topological polar surface area (TPSA) is 81.6 Å². The Kier molecular flexibility index (Phi) is 4.09. The molecule has 14 heavy (non-hydrogen) atoms. The molecule has 0 bridgehead atoms. The molecule has 1 fully saturated rings. The number of rotatable bonds is 3. The Morgan fingerprint density at radius 3 is 3.00 bits per heavy atom. The number of amides is 1. The first-order valence-electron chi connectivity index (χ1n) is 4.62. The SMILES string of the molecule is O=C(O)NC1CCNCC1CC(O)F. The van der Waals surface area contributed by atoms with Gasteiger partial charge in [0.05, 0.1) is 0 Å². The van der Waals surface area contributed by atoms with Crippen molar-refractivity contribution < 1.29 is 19.4 Å². The Bertz CT molecular complexity index is 201. The molecule has 5 nitrogen and oxygen atoms in total. The van der Waals surface area contributed by atoms with Crippen molar-refractivity contribution in [3.63, 3.8) is 0 Å². The molecule has 1 heterocycles. The Hall–Kier alpha value is -0.880. The van der Waals surface area contributed by atoms with Gasteiger partial charge in [-0.15, -0.1) is 0 Å². The highest BCUT2D eigenvalue weighted by atomic mass is 19.1. The normalized spacial score (nSPS) is 29.6. The third-order valence-electron chi connectivity index (χ3n) is 2.41. The number of halogens is 1. The zero-order valence-electron chi connectivity index (χ0n) is 7.74. The Morgan fingerprint density at radius 1 is 1.71 bits per heavy atom. The molecule has 1 amide bonds. The molecule has 1 saturated heterocycles. The predicted molar refractivity (Wildman–Crippen MR) is 47.7 cm³/mol. The fourth-order valence-electron chi connectivity index (χ4n) is 1.77. The maximum Gasteiger partial charge on any atom is 0.404 e. The van der Waals surface area contributed by atoms with Crippen LogP contribution in [0.3, 0.4) is 0 Å². The first kappa shape index (κ1) is 11.2. The molecule has 82 valence electrons. The second-order valence-electron chi connectivity index (χ2n) is 3.48. The third kappa shape index (κ3) is 3.47. The predicted octanol–water partition coefficient (Wildman–Crippen LogP) is -0.0899. The van der Waals surface area contributed by atoms with E-state index in [4.69, 9.17) is 10.2 Å². The van der Waals surface area contributed by atoms with Gasteiger partial charge < -0.3 is 20.8 Å². The second-order valence-corrected chi connectivity index (χ2v) is 3.48. The first-order valence-corrected chi connectivity index (χ1v) is 4.62. The average Bonchev–Trinajstić information content (AvgIpc) is 2.06. The zero-order valence-corrected chi connectivity index (χ0v) is 7.74. The van der Waals surface area contributed by atoms with Gasteiger partial charge in [0.2, 0.25) is 0 Å². The van der Waals surface area contributed by atoms with E-state index in [1.165, 1.54) is 0 Å². The third-order valence-corrected chi connectivity index (χ3v) is 2.41. The van der Waals surface area contributed by atoms with Crippen LogP contribution in [-0.4, -0.2) is 41.8 Å². The molecule has 0 saturated carbocycles. The number of carboxylic acid groups (broad SMARTS) is 1. The maximum absolute atomic E-state index is 12.3. The summed E-state index contributed by atoms with van der Waals surface area (Å²) in [5, 5.41) is 22.5. The zero-order chi connectivity index (χ0) is 10.6. The number of hydrogen-bond acceptors (Lipinski definition) is 3. The summed E-state index contributed by atoms with van der Waals surface area (Å²) in [6.45, 7) is 1.25. The van der Waals surface area contributed by atoms with Crippen molar-refractivity contribution in [3.05, 3.63) is 0 Å².